The van der Waals surface area contributed by atoms with Gasteiger partial charge in [0.05, 0.1) is 6.54 Å². The Morgan fingerprint density at radius 3 is 2.67 bits per heavy atom. The van der Waals surface area contributed by atoms with E-state index in [-0.39, 0.29) is 12.1 Å². The fourth-order valence-corrected chi connectivity index (χ4v) is 2.30. The van der Waals surface area contributed by atoms with E-state index in [1.165, 1.54) is 0 Å². The lowest BCUT2D eigenvalue weighted by molar-refractivity contribution is 0.00327. The normalized spacial score (nSPS) is 20.6. The molecule has 0 saturated carbocycles. The minimum Gasteiger partial charge on any atom is -0.444 e. The molecule has 1 atom stereocenters. The third-order valence-corrected chi connectivity index (χ3v) is 3.32. The van der Waals surface area contributed by atoms with Crippen LogP contribution in [-0.2, 0) is 11.3 Å². The maximum absolute atomic E-state index is 12.1. The summed E-state index contributed by atoms with van der Waals surface area (Å²) >= 11 is 0. The first-order valence-corrected chi connectivity index (χ1v) is 7.26. The van der Waals surface area contributed by atoms with Crippen molar-refractivity contribution in [2.45, 2.75) is 52.8 Å². The molecule has 1 fully saturated rings. The Hall–Kier alpha value is -1.63. The second kappa shape index (κ2) is 6.01. The number of amides is 1. The lowest BCUT2D eigenvalue weighted by Gasteiger charge is -2.39. The molecule has 0 aliphatic carbocycles. The molecule has 0 spiro atoms. The second-order valence-electron chi connectivity index (χ2n) is 6.48. The van der Waals surface area contributed by atoms with Crippen molar-refractivity contribution in [2.75, 3.05) is 19.6 Å². The molecule has 1 aliphatic rings. The van der Waals surface area contributed by atoms with Crippen molar-refractivity contribution >= 4 is 6.09 Å². The minimum absolute atomic E-state index is 0.221. The van der Waals surface area contributed by atoms with E-state index in [1.807, 2.05) is 20.8 Å². The summed E-state index contributed by atoms with van der Waals surface area (Å²) in [6.07, 6.45) is -0.248. The Morgan fingerprint density at radius 1 is 1.43 bits per heavy atom. The number of aryl methyl sites for hydroxylation is 1. The summed E-state index contributed by atoms with van der Waals surface area (Å²) in [5.41, 5.74) is -0.460. The van der Waals surface area contributed by atoms with Crippen LogP contribution in [0.2, 0.25) is 0 Å². The first-order chi connectivity index (χ1) is 9.74. The zero-order valence-electron chi connectivity index (χ0n) is 13.4. The first-order valence-electron chi connectivity index (χ1n) is 7.26. The molecule has 1 aliphatic heterocycles. The monoisotopic (exact) mass is 296 g/mol. The van der Waals surface area contributed by atoms with Gasteiger partial charge in [0.2, 0.25) is 5.89 Å². The van der Waals surface area contributed by atoms with Crippen LogP contribution in [0.15, 0.2) is 4.52 Å². The highest BCUT2D eigenvalue weighted by Crippen LogP contribution is 2.16. The third-order valence-electron chi connectivity index (χ3n) is 3.32. The van der Waals surface area contributed by atoms with Crippen LogP contribution in [0.5, 0.6) is 0 Å². The van der Waals surface area contributed by atoms with Crippen molar-refractivity contribution in [3.63, 3.8) is 0 Å². The number of hydrogen-bond donors (Lipinski definition) is 0. The van der Waals surface area contributed by atoms with E-state index in [0.29, 0.717) is 31.3 Å². The zero-order valence-corrected chi connectivity index (χ0v) is 13.4. The van der Waals surface area contributed by atoms with Crippen LogP contribution >= 0.6 is 0 Å². The van der Waals surface area contributed by atoms with Gasteiger partial charge in [0.25, 0.3) is 0 Å². The highest BCUT2D eigenvalue weighted by Gasteiger charge is 2.30. The van der Waals surface area contributed by atoms with Crippen LogP contribution in [0.3, 0.4) is 0 Å². The largest absolute Gasteiger partial charge is 0.444 e. The Morgan fingerprint density at radius 2 is 2.14 bits per heavy atom. The number of nitrogens with zero attached hydrogens (tertiary/aromatic N) is 4. The van der Waals surface area contributed by atoms with Crippen LogP contribution in [0.1, 0.15) is 39.4 Å². The van der Waals surface area contributed by atoms with Crippen LogP contribution in [0, 0.1) is 6.92 Å². The molecule has 2 heterocycles. The van der Waals surface area contributed by atoms with Crippen molar-refractivity contribution < 1.29 is 14.1 Å². The molecule has 0 bridgehead atoms. The van der Waals surface area contributed by atoms with Gasteiger partial charge in [0.15, 0.2) is 5.82 Å². The quantitative estimate of drug-likeness (QED) is 0.829. The molecule has 0 N–H and O–H groups in total. The molecule has 1 aromatic heterocycles. The third kappa shape index (κ3) is 4.42. The van der Waals surface area contributed by atoms with E-state index in [0.717, 1.165) is 6.54 Å². The maximum atomic E-state index is 12.1. The molecule has 7 heteroatoms. The lowest BCUT2D eigenvalue weighted by atomic mass is 10.2. The number of ether oxygens (including phenoxy) is 1. The standard InChI is InChI=1S/C14H24N4O3/c1-10-8-18(13(19)20-14(3,4)5)7-6-17(10)9-12-15-11(2)16-21-12/h10H,6-9H2,1-5H3/t10-/m0/s1. The average Bonchev–Trinajstić information content (AvgIpc) is 2.75. The van der Waals surface area contributed by atoms with Crippen molar-refractivity contribution in [3.05, 3.63) is 11.7 Å². The van der Waals surface area contributed by atoms with Gasteiger partial charge in [-0.05, 0) is 34.6 Å². The predicted octanol–water partition coefficient (Wildman–Crippen LogP) is 1.82. The van der Waals surface area contributed by atoms with Gasteiger partial charge in [0, 0.05) is 25.7 Å². The Balaban J connectivity index is 1.88. The molecule has 0 aromatic carbocycles. The van der Waals surface area contributed by atoms with Crippen molar-refractivity contribution in [1.82, 2.24) is 19.9 Å². The fourth-order valence-electron chi connectivity index (χ4n) is 2.30. The van der Waals surface area contributed by atoms with Crippen molar-refractivity contribution in [3.8, 4) is 0 Å². The summed E-state index contributed by atoms with van der Waals surface area (Å²) in [6, 6.07) is 0.221. The van der Waals surface area contributed by atoms with E-state index >= 15 is 0 Å². The summed E-state index contributed by atoms with van der Waals surface area (Å²) in [5, 5.41) is 3.79. The van der Waals surface area contributed by atoms with E-state index in [2.05, 4.69) is 22.0 Å². The summed E-state index contributed by atoms with van der Waals surface area (Å²) in [4.78, 5) is 20.3. The van der Waals surface area contributed by atoms with Crippen LogP contribution in [-0.4, -0.2) is 57.3 Å². The predicted molar refractivity (Wildman–Crippen MR) is 76.7 cm³/mol. The van der Waals surface area contributed by atoms with Gasteiger partial charge < -0.3 is 14.2 Å². The first kappa shape index (κ1) is 15.8. The summed E-state index contributed by atoms with van der Waals surface area (Å²) in [6.45, 7) is 12.2. The SMILES string of the molecule is Cc1noc(CN2CCN(C(=O)OC(C)(C)C)C[C@@H]2C)n1. The van der Waals surface area contributed by atoms with Crippen LogP contribution in [0.25, 0.3) is 0 Å². The van der Waals surface area contributed by atoms with Gasteiger partial charge in [-0.2, -0.15) is 4.98 Å². The molecular weight excluding hydrogens is 272 g/mol. The molecule has 0 radical (unpaired) electrons. The molecule has 2 rings (SSSR count). The van der Waals surface area contributed by atoms with E-state index < -0.39 is 5.60 Å². The number of piperazine rings is 1. The molecule has 1 saturated heterocycles. The van der Waals surface area contributed by atoms with Gasteiger partial charge in [-0.3, -0.25) is 4.90 Å². The number of carbonyl (C=O) groups excluding carboxylic acids is 1. The van der Waals surface area contributed by atoms with Gasteiger partial charge in [-0.1, -0.05) is 5.16 Å². The van der Waals surface area contributed by atoms with Gasteiger partial charge in [-0.25, -0.2) is 4.79 Å². The number of hydrogen-bond acceptors (Lipinski definition) is 6. The van der Waals surface area contributed by atoms with E-state index in [9.17, 15) is 4.79 Å². The van der Waals surface area contributed by atoms with Gasteiger partial charge in [0.1, 0.15) is 5.60 Å². The Bertz CT molecular complexity index is 495. The summed E-state index contributed by atoms with van der Waals surface area (Å²) < 4.78 is 10.6. The molecule has 21 heavy (non-hydrogen) atoms. The zero-order chi connectivity index (χ0) is 15.6. The fraction of sp³-hybridized carbons (Fsp3) is 0.786. The smallest absolute Gasteiger partial charge is 0.410 e. The number of rotatable bonds is 2. The molecule has 7 nitrogen and oxygen atoms in total. The summed E-state index contributed by atoms with van der Waals surface area (Å²) in [5.74, 6) is 1.26. The van der Waals surface area contributed by atoms with Gasteiger partial charge in [-0.15, -0.1) is 0 Å². The highest BCUT2D eigenvalue weighted by molar-refractivity contribution is 5.68. The highest BCUT2D eigenvalue weighted by atomic mass is 16.6. The second-order valence-corrected chi connectivity index (χ2v) is 6.48. The minimum atomic E-state index is -0.460. The average molecular weight is 296 g/mol. The molecule has 0 unspecified atom stereocenters. The molecule has 1 aromatic rings. The topological polar surface area (TPSA) is 71.7 Å². The number of carbonyl (C=O) groups is 1. The van der Waals surface area contributed by atoms with Crippen molar-refractivity contribution in [2.24, 2.45) is 0 Å². The maximum Gasteiger partial charge on any atom is 0.410 e. The summed E-state index contributed by atoms with van der Waals surface area (Å²) in [7, 11) is 0. The van der Waals surface area contributed by atoms with Crippen LogP contribution in [0.4, 0.5) is 4.79 Å². The number of aromatic nitrogens is 2. The van der Waals surface area contributed by atoms with Crippen molar-refractivity contribution in [1.29, 1.82) is 0 Å². The van der Waals surface area contributed by atoms with Gasteiger partial charge >= 0.3 is 6.09 Å². The van der Waals surface area contributed by atoms with E-state index in [1.54, 1.807) is 11.8 Å². The lowest BCUT2D eigenvalue weighted by Crippen LogP contribution is -2.54. The Labute approximate surface area is 125 Å². The molecule has 1 amide bonds. The molecule has 118 valence electrons. The van der Waals surface area contributed by atoms with E-state index in [4.69, 9.17) is 9.26 Å². The Kier molecular flexibility index (Phi) is 4.51. The molecular formula is C14H24N4O3. The van der Waals surface area contributed by atoms with Crippen LogP contribution < -0.4 is 0 Å².